The quantitative estimate of drug-likeness (QED) is 0.827. The number of likely N-dealkylation sites (tertiary alicyclic amines) is 1. The van der Waals surface area contributed by atoms with Gasteiger partial charge in [0.15, 0.2) is 0 Å². The average Bonchev–Trinajstić information content (AvgIpc) is 2.61. The van der Waals surface area contributed by atoms with Crippen LogP contribution >= 0.6 is 0 Å². The van der Waals surface area contributed by atoms with Gasteiger partial charge < -0.3 is 5.32 Å². The van der Waals surface area contributed by atoms with Crippen LogP contribution in [0.4, 0.5) is 5.69 Å². The maximum Gasteiger partial charge on any atom is 0.241 e. The molecule has 1 amide bonds. The monoisotopic (exact) mass is 376 g/mol. The van der Waals surface area contributed by atoms with E-state index in [-0.39, 0.29) is 18.0 Å². The molecule has 0 spiro atoms. The molecule has 2 aromatic rings. The van der Waals surface area contributed by atoms with Crippen molar-refractivity contribution in [1.82, 2.24) is 14.6 Å². The first-order valence-electron chi connectivity index (χ1n) is 8.69. The Morgan fingerprint density at radius 1 is 1.23 bits per heavy atom. The van der Waals surface area contributed by atoms with Crippen molar-refractivity contribution in [2.75, 3.05) is 24.7 Å². The first-order chi connectivity index (χ1) is 12.3. The molecule has 1 aromatic carbocycles. The number of nitrogens with one attached hydrogen (secondary N) is 2. The molecular formula is C18H24N4O3S. The van der Waals surface area contributed by atoms with Crippen molar-refractivity contribution in [1.29, 1.82) is 0 Å². The van der Waals surface area contributed by atoms with Crippen molar-refractivity contribution in [3.8, 4) is 0 Å². The fourth-order valence-electron chi connectivity index (χ4n) is 3.32. The van der Waals surface area contributed by atoms with Crippen LogP contribution in [0.2, 0.25) is 0 Å². The van der Waals surface area contributed by atoms with Crippen LogP contribution in [0.15, 0.2) is 36.5 Å². The lowest BCUT2D eigenvalue weighted by atomic mass is 10.0. The third kappa shape index (κ3) is 4.57. The molecule has 0 aliphatic carbocycles. The summed E-state index contributed by atoms with van der Waals surface area (Å²) in [5, 5.41) is 3.91. The topological polar surface area (TPSA) is 91.4 Å². The van der Waals surface area contributed by atoms with E-state index in [9.17, 15) is 13.2 Å². The summed E-state index contributed by atoms with van der Waals surface area (Å²) in [5.74, 6) is -0.0733. The smallest absolute Gasteiger partial charge is 0.241 e. The van der Waals surface area contributed by atoms with Crippen molar-refractivity contribution in [3.05, 3.63) is 36.5 Å². The molecule has 1 saturated heterocycles. The van der Waals surface area contributed by atoms with Crippen molar-refractivity contribution in [3.63, 3.8) is 0 Å². The Hall–Kier alpha value is -2.03. The minimum Gasteiger partial charge on any atom is -0.324 e. The number of anilines is 1. The number of rotatable bonds is 5. The standard InChI is InChI=1S/C18H24N4O3S/c1-13(22-11-8-14(9-12-22)21-26(2,24)25)18(23)20-17-7-3-6-16-15(17)5-4-10-19-16/h3-7,10,13-14,21H,8-9,11-12H2,1-2H3,(H,20,23). The van der Waals surface area contributed by atoms with Crippen LogP contribution in [0.5, 0.6) is 0 Å². The Kier molecular flexibility index (Phi) is 5.55. The number of carbonyl (C=O) groups excluding carboxylic acids is 1. The number of hydrogen-bond acceptors (Lipinski definition) is 5. The number of amides is 1. The number of nitrogens with zero attached hydrogens (tertiary/aromatic N) is 2. The summed E-state index contributed by atoms with van der Waals surface area (Å²) in [6.07, 6.45) is 4.30. The van der Waals surface area contributed by atoms with Crippen LogP contribution in [0.25, 0.3) is 10.9 Å². The van der Waals surface area contributed by atoms with Gasteiger partial charge in [0, 0.05) is 30.7 Å². The van der Waals surface area contributed by atoms with Gasteiger partial charge in [-0.1, -0.05) is 6.07 Å². The summed E-state index contributed by atoms with van der Waals surface area (Å²) in [7, 11) is -3.19. The molecule has 2 heterocycles. The number of fused-ring (bicyclic) bond motifs is 1. The molecule has 2 N–H and O–H groups in total. The van der Waals surface area contributed by atoms with E-state index >= 15 is 0 Å². The van der Waals surface area contributed by atoms with E-state index in [4.69, 9.17) is 0 Å². The van der Waals surface area contributed by atoms with E-state index in [0.29, 0.717) is 25.9 Å². The molecule has 0 radical (unpaired) electrons. The summed E-state index contributed by atoms with van der Waals surface area (Å²) in [4.78, 5) is 19.1. The molecule has 1 fully saturated rings. The molecule has 3 rings (SSSR count). The molecular weight excluding hydrogens is 352 g/mol. The average molecular weight is 376 g/mol. The highest BCUT2D eigenvalue weighted by atomic mass is 32.2. The van der Waals surface area contributed by atoms with Crippen LogP contribution in [0, 0.1) is 0 Å². The maximum absolute atomic E-state index is 12.7. The lowest BCUT2D eigenvalue weighted by Gasteiger charge is -2.35. The van der Waals surface area contributed by atoms with Crippen molar-refractivity contribution >= 4 is 32.5 Å². The molecule has 7 nitrogen and oxygen atoms in total. The Morgan fingerprint density at radius 3 is 2.65 bits per heavy atom. The Morgan fingerprint density at radius 2 is 1.96 bits per heavy atom. The van der Waals surface area contributed by atoms with Crippen LogP contribution in [-0.2, 0) is 14.8 Å². The van der Waals surface area contributed by atoms with Gasteiger partial charge in [-0.2, -0.15) is 0 Å². The van der Waals surface area contributed by atoms with Crippen LogP contribution in [0.3, 0.4) is 0 Å². The van der Waals surface area contributed by atoms with E-state index in [1.807, 2.05) is 37.3 Å². The maximum atomic E-state index is 12.7. The number of pyridine rings is 1. The van der Waals surface area contributed by atoms with Crippen molar-refractivity contribution < 1.29 is 13.2 Å². The lowest BCUT2D eigenvalue weighted by Crippen LogP contribution is -2.50. The summed E-state index contributed by atoms with van der Waals surface area (Å²) >= 11 is 0. The SMILES string of the molecule is CC(C(=O)Nc1cccc2ncccc12)N1CCC(NS(C)(=O)=O)CC1. The third-order valence-electron chi connectivity index (χ3n) is 4.74. The Balaban J connectivity index is 1.62. The molecule has 1 aromatic heterocycles. The fourth-order valence-corrected chi connectivity index (χ4v) is 4.16. The van der Waals surface area contributed by atoms with E-state index < -0.39 is 10.0 Å². The van der Waals surface area contributed by atoms with Gasteiger partial charge in [0.05, 0.1) is 23.5 Å². The minimum absolute atomic E-state index is 0.0550. The molecule has 26 heavy (non-hydrogen) atoms. The van der Waals surface area contributed by atoms with Crippen molar-refractivity contribution in [2.24, 2.45) is 0 Å². The zero-order chi connectivity index (χ0) is 18.7. The zero-order valence-corrected chi connectivity index (χ0v) is 15.8. The first kappa shape index (κ1) is 18.8. The fraction of sp³-hybridized carbons (Fsp3) is 0.444. The largest absolute Gasteiger partial charge is 0.324 e. The molecule has 1 unspecified atom stereocenters. The van der Waals surface area contributed by atoms with Gasteiger partial charge in [-0.05, 0) is 44.0 Å². The van der Waals surface area contributed by atoms with Crippen LogP contribution in [-0.4, -0.2) is 55.6 Å². The molecule has 0 bridgehead atoms. The van der Waals surface area contributed by atoms with Gasteiger partial charge in [0.1, 0.15) is 0 Å². The van der Waals surface area contributed by atoms with E-state index in [2.05, 4.69) is 19.9 Å². The highest BCUT2D eigenvalue weighted by molar-refractivity contribution is 7.88. The zero-order valence-electron chi connectivity index (χ0n) is 15.0. The number of carbonyl (C=O) groups is 1. The second-order valence-electron chi connectivity index (χ2n) is 6.74. The van der Waals surface area contributed by atoms with Gasteiger partial charge >= 0.3 is 0 Å². The molecule has 1 aliphatic heterocycles. The highest BCUT2D eigenvalue weighted by Crippen LogP contribution is 2.22. The van der Waals surface area contributed by atoms with Gasteiger partial charge in [-0.3, -0.25) is 14.7 Å². The number of hydrogen-bond donors (Lipinski definition) is 2. The van der Waals surface area contributed by atoms with Gasteiger partial charge in [-0.15, -0.1) is 0 Å². The Labute approximate surface area is 153 Å². The van der Waals surface area contributed by atoms with E-state index in [0.717, 1.165) is 16.6 Å². The minimum atomic E-state index is -3.19. The van der Waals surface area contributed by atoms with Crippen molar-refractivity contribution in [2.45, 2.75) is 31.8 Å². The lowest BCUT2D eigenvalue weighted by molar-refractivity contribution is -0.121. The Bertz CT molecular complexity index is 887. The summed E-state index contributed by atoms with van der Waals surface area (Å²) in [6.45, 7) is 3.24. The highest BCUT2D eigenvalue weighted by Gasteiger charge is 2.27. The molecule has 8 heteroatoms. The molecule has 1 aliphatic rings. The third-order valence-corrected chi connectivity index (χ3v) is 5.50. The van der Waals surface area contributed by atoms with Gasteiger partial charge in [0.2, 0.25) is 15.9 Å². The predicted molar refractivity (Wildman–Crippen MR) is 102 cm³/mol. The summed E-state index contributed by atoms with van der Waals surface area (Å²) in [5.41, 5.74) is 1.59. The normalized spacial score (nSPS) is 17.9. The number of benzene rings is 1. The van der Waals surface area contributed by atoms with Crippen LogP contribution < -0.4 is 10.0 Å². The summed E-state index contributed by atoms with van der Waals surface area (Å²) < 4.78 is 25.3. The summed E-state index contributed by atoms with van der Waals surface area (Å²) in [6, 6.07) is 9.09. The molecule has 1 atom stereocenters. The number of piperidine rings is 1. The number of sulfonamides is 1. The second kappa shape index (κ2) is 7.69. The number of aromatic nitrogens is 1. The predicted octanol–water partition coefficient (Wildman–Crippen LogP) is 1.58. The van der Waals surface area contributed by atoms with E-state index in [1.54, 1.807) is 6.20 Å². The van der Waals surface area contributed by atoms with Gasteiger partial charge in [-0.25, -0.2) is 13.1 Å². The van der Waals surface area contributed by atoms with Crippen LogP contribution in [0.1, 0.15) is 19.8 Å². The first-order valence-corrected chi connectivity index (χ1v) is 10.6. The van der Waals surface area contributed by atoms with Gasteiger partial charge in [0.25, 0.3) is 0 Å². The van der Waals surface area contributed by atoms with E-state index in [1.165, 1.54) is 6.26 Å². The molecule has 0 saturated carbocycles. The molecule has 140 valence electrons. The second-order valence-corrected chi connectivity index (χ2v) is 8.52.